The Morgan fingerprint density at radius 1 is 1.39 bits per heavy atom. The van der Waals surface area contributed by atoms with E-state index in [2.05, 4.69) is 5.32 Å². The molecule has 1 unspecified atom stereocenters. The van der Waals surface area contributed by atoms with Crippen LogP contribution in [0.2, 0.25) is 0 Å². The molecular formula is C14H20N2O2. The summed E-state index contributed by atoms with van der Waals surface area (Å²) in [6.07, 6.45) is -0.0944. The van der Waals surface area contributed by atoms with E-state index < -0.39 is 6.10 Å². The zero-order valence-corrected chi connectivity index (χ0v) is 10.9. The van der Waals surface area contributed by atoms with Gasteiger partial charge in [-0.05, 0) is 11.6 Å². The molecule has 1 aromatic rings. The first-order valence-corrected chi connectivity index (χ1v) is 6.37. The smallest absolute Gasteiger partial charge is 0.231 e. The number of hydrogen-bond donors (Lipinski definition) is 2. The predicted molar refractivity (Wildman–Crippen MR) is 71.6 cm³/mol. The molecule has 0 spiro atoms. The van der Waals surface area contributed by atoms with Gasteiger partial charge in [0.05, 0.1) is 19.1 Å². The number of nitrogens with one attached hydrogen (secondary N) is 1. The van der Waals surface area contributed by atoms with Crippen LogP contribution >= 0.6 is 0 Å². The number of fused-ring (bicyclic) bond motifs is 1. The highest BCUT2D eigenvalue weighted by Gasteiger charge is 2.28. The molecule has 1 amide bonds. The van der Waals surface area contributed by atoms with Crippen LogP contribution in [-0.4, -0.2) is 36.2 Å². The molecule has 98 valence electrons. The van der Waals surface area contributed by atoms with Crippen molar-refractivity contribution in [1.29, 1.82) is 0 Å². The van der Waals surface area contributed by atoms with Crippen molar-refractivity contribution in [3.8, 4) is 0 Å². The van der Waals surface area contributed by atoms with Crippen molar-refractivity contribution in [2.24, 2.45) is 0 Å². The molecule has 0 aliphatic carbocycles. The lowest BCUT2D eigenvalue weighted by Gasteiger charge is -2.22. The number of carbonyl (C=O) groups excluding carboxylic acids is 1. The molecule has 0 saturated carbocycles. The van der Waals surface area contributed by atoms with Crippen LogP contribution in [0.15, 0.2) is 24.3 Å². The van der Waals surface area contributed by atoms with E-state index in [1.807, 2.05) is 38.1 Å². The van der Waals surface area contributed by atoms with Crippen molar-refractivity contribution < 1.29 is 9.90 Å². The van der Waals surface area contributed by atoms with Gasteiger partial charge in [-0.1, -0.05) is 32.0 Å². The number of para-hydroxylation sites is 1. The van der Waals surface area contributed by atoms with Crippen LogP contribution in [0.25, 0.3) is 0 Å². The van der Waals surface area contributed by atoms with E-state index in [0.29, 0.717) is 25.6 Å². The SMILES string of the molecule is CC(C)NCC(O)CN1C(=O)Cc2ccccc21. The molecule has 4 heteroatoms. The first kappa shape index (κ1) is 13.1. The van der Waals surface area contributed by atoms with Crippen molar-refractivity contribution in [3.63, 3.8) is 0 Å². The number of carbonyl (C=O) groups is 1. The van der Waals surface area contributed by atoms with Crippen LogP contribution in [0.5, 0.6) is 0 Å². The van der Waals surface area contributed by atoms with E-state index in [1.165, 1.54) is 0 Å². The average molecular weight is 248 g/mol. The highest BCUT2D eigenvalue weighted by atomic mass is 16.3. The Morgan fingerprint density at radius 2 is 2.11 bits per heavy atom. The van der Waals surface area contributed by atoms with Gasteiger partial charge in [-0.3, -0.25) is 4.79 Å². The van der Waals surface area contributed by atoms with E-state index in [4.69, 9.17) is 0 Å². The molecule has 0 aromatic heterocycles. The molecule has 1 heterocycles. The van der Waals surface area contributed by atoms with Crippen molar-refractivity contribution in [2.45, 2.75) is 32.4 Å². The second-order valence-electron chi connectivity index (χ2n) is 5.03. The first-order chi connectivity index (χ1) is 8.58. The summed E-state index contributed by atoms with van der Waals surface area (Å²) in [5, 5.41) is 13.1. The first-order valence-electron chi connectivity index (χ1n) is 6.37. The maximum atomic E-state index is 11.9. The molecule has 18 heavy (non-hydrogen) atoms. The Hall–Kier alpha value is -1.39. The molecule has 2 rings (SSSR count). The van der Waals surface area contributed by atoms with Gasteiger partial charge in [0.2, 0.25) is 5.91 Å². The number of hydrogen-bond acceptors (Lipinski definition) is 3. The second kappa shape index (κ2) is 5.50. The summed E-state index contributed by atoms with van der Waals surface area (Å²) in [5.74, 6) is 0.0693. The van der Waals surface area contributed by atoms with Gasteiger partial charge in [-0.25, -0.2) is 0 Å². The monoisotopic (exact) mass is 248 g/mol. The topological polar surface area (TPSA) is 52.6 Å². The molecule has 1 aliphatic heterocycles. The highest BCUT2D eigenvalue weighted by molar-refractivity contribution is 6.01. The van der Waals surface area contributed by atoms with E-state index in [0.717, 1.165) is 11.3 Å². The second-order valence-corrected chi connectivity index (χ2v) is 5.03. The lowest BCUT2D eigenvalue weighted by atomic mass is 10.2. The molecular weight excluding hydrogens is 228 g/mol. The third kappa shape index (κ3) is 2.89. The van der Waals surface area contributed by atoms with E-state index >= 15 is 0 Å². The van der Waals surface area contributed by atoms with Crippen LogP contribution in [-0.2, 0) is 11.2 Å². The van der Waals surface area contributed by atoms with Gasteiger partial charge in [0.25, 0.3) is 0 Å². The van der Waals surface area contributed by atoms with Crippen molar-refractivity contribution in [3.05, 3.63) is 29.8 Å². The summed E-state index contributed by atoms with van der Waals surface area (Å²) in [6, 6.07) is 8.09. The third-order valence-corrected chi connectivity index (χ3v) is 3.08. The fraction of sp³-hybridized carbons (Fsp3) is 0.500. The largest absolute Gasteiger partial charge is 0.390 e. The summed E-state index contributed by atoms with van der Waals surface area (Å²) >= 11 is 0. The van der Waals surface area contributed by atoms with Gasteiger partial charge >= 0.3 is 0 Å². The minimum Gasteiger partial charge on any atom is -0.390 e. The minimum atomic E-state index is -0.539. The van der Waals surface area contributed by atoms with Gasteiger partial charge in [-0.2, -0.15) is 0 Å². The Labute approximate surface area is 108 Å². The number of β-amino-alcohol motifs (C(OH)–C–C–N with tert-alkyl or cyclic N) is 1. The zero-order valence-electron chi connectivity index (χ0n) is 10.9. The van der Waals surface area contributed by atoms with Crippen molar-refractivity contribution in [2.75, 3.05) is 18.0 Å². The summed E-state index contributed by atoms with van der Waals surface area (Å²) in [4.78, 5) is 13.6. The standard InChI is InChI=1S/C14H20N2O2/c1-10(2)15-8-12(17)9-16-13-6-4-3-5-11(13)7-14(16)18/h3-6,10,12,15,17H,7-9H2,1-2H3. The maximum absolute atomic E-state index is 11.9. The molecule has 0 saturated heterocycles. The Bertz CT molecular complexity index is 432. The van der Waals surface area contributed by atoms with Crippen LogP contribution in [0.3, 0.4) is 0 Å². The van der Waals surface area contributed by atoms with Crippen LogP contribution < -0.4 is 10.2 Å². The summed E-state index contributed by atoms with van der Waals surface area (Å²) in [7, 11) is 0. The minimum absolute atomic E-state index is 0.0693. The summed E-state index contributed by atoms with van der Waals surface area (Å²) in [6.45, 7) is 4.92. The lowest BCUT2D eigenvalue weighted by molar-refractivity contribution is -0.117. The number of rotatable bonds is 5. The molecule has 4 nitrogen and oxygen atoms in total. The number of nitrogens with zero attached hydrogens (tertiary/aromatic N) is 1. The summed E-state index contributed by atoms with van der Waals surface area (Å²) in [5.41, 5.74) is 1.98. The predicted octanol–water partition coefficient (Wildman–Crippen LogP) is 0.935. The van der Waals surface area contributed by atoms with E-state index in [1.54, 1.807) is 4.90 Å². The number of anilines is 1. The van der Waals surface area contributed by atoms with E-state index in [9.17, 15) is 9.90 Å². The Kier molecular flexibility index (Phi) is 3.99. The molecule has 1 aliphatic rings. The zero-order chi connectivity index (χ0) is 13.1. The number of amides is 1. The number of benzene rings is 1. The van der Waals surface area contributed by atoms with Crippen LogP contribution in [0.4, 0.5) is 5.69 Å². The Balaban J connectivity index is 1.99. The maximum Gasteiger partial charge on any atom is 0.231 e. The average Bonchev–Trinajstić information content (AvgIpc) is 2.64. The van der Waals surface area contributed by atoms with E-state index in [-0.39, 0.29) is 5.91 Å². The fourth-order valence-electron chi connectivity index (χ4n) is 2.16. The van der Waals surface area contributed by atoms with Gasteiger partial charge in [0, 0.05) is 18.3 Å². The fourth-order valence-corrected chi connectivity index (χ4v) is 2.16. The van der Waals surface area contributed by atoms with Crippen LogP contribution in [0.1, 0.15) is 19.4 Å². The van der Waals surface area contributed by atoms with Crippen molar-refractivity contribution >= 4 is 11.6 Å². The van der Waals surface area contributed by atoms with Crippen molar-refractivity contribution in [1.82, 2.24) is 5.32 Å². The van der Waals surface area contributed by atoms with Gasteiger partial charge < -0.3 is 15.3 Å². The number of aliphatic hydroxyl groups excluding tert-OH is 1. The molecule has 0 bridgehead atoms. The highest BCUT2D eigenvalue weighted by Crippen LogP contribution is 2.28. The summed E-state index contributed by atoms with van der Waals surface area (Å²) < 4.78 is 0. The molecule has 2 N–H and O–H groups in total. The normalized spacial score (nSPS) is 16.2. The Morgan fingerprint density at radius 3 is 2.83 bits per heavy atom. The van der Waals surface area contributed by atoms with Gasteiger partial charge in [-0.15, -0.1) is 0 Å². The molecule has 1 aromatic carbocycles. The van der Waals surface area contributed by atoms with Crippen LogP contribution in [0, 0.1) is 0 Å². The quantitative estimate of drug-likeness (QED) is 0.815. The number of aliphatic hydroxyl groups is 1. The molecule has 0 radical (unpaired) electrons. The lowest BCUT2D eigenvalue weighted by Crippen LogP contribution is -2.41. The van der Waals surface area contributed by atoms with Gasteiger partial charge in [0.15, 0.2) is 0 Å². The van der Waals surface area contributed by atoms with Gasteiger partial charge in [0.1, 0.15) is 0 Å². The molecule has 1 atom stereocenters. The third-order valence-electron chi connectivity index (χ3n) is 3.08. The molecule has 0 fully saturated rings.